The molecule has 0 aliphatic carbocycles. The number of fused-ring (bicyclic) bond motifs is 3. The van der Waals surface area contributed by atoms with Crippen LogP contribution in [-0.2, 0) is 20.2 Å². The van der Waals surface area contributed by atoms with Crippen molar-refractivity contribution in [1.29, 1.82) is 0 Å². The summed E-state index contributed by atoms with van der Waals surface area (Å²) in [5.74, 6) is 0. The first kappa shape index (κ1) is 15.3. The van der Waals surface area contributed by atoms with Gasteiger partial charge in [0.25, 0.3) is 0 Å². The molecule has 0 aromatic heterocycles. The molecule has 0 fully saturated rings. The fourth-order valence-corrected chi connectivity index (χ4v) is 5.09. The molecule has 1 unspecified atom stereocenters. The third-order valence-electron chi connectivity index (χ3n) is 4.21. The van der Waals surface area contributed by atoms with Gasteiger partial charge in [0.05, 0.1) is 18.5 Å². The van der Waals surface area contributed by atoms with Gasteiger partial charge in [-0.15, -0.1) is 6.58 Å². The number of rotatable bonds is 4. The van der Waals surface area contributed by atoms with E-state index in [-0.39, 0.29) is 6.61 Å². The van der Waals surface area contributed by atoms with E-state index < -0.39 is 7.60 Å². The first-order valence-electron chi connectivity index (χ1n) is 7.83. The Balaban J connectivity index is 1.99. The van der Waals surface area contributed by atoms with Crippen molar-refractivity contribution in [1.82, 2.24) is 0 Å². The molecule has 0 amide bonds. The van der Waals surface area contributed by atoms with Crippen molar-refractivity contribution in [3.8, 4) is 11.1 Å². The summed E-state index contributed by atoms with van der Waals surface area (Å²) < 4.78 is 24.3. The highest BCUT2D eigenvalue weighted by Gasteiger charge is 2.38. The van der Waals surface area contributed by atoms with E-state index in [1.165, 1.54) is 0 Å². The average Bonchev–Trinajstić information content (AvgIpc) is 2.97. The van der Waals surface area contributed by atoms with Crippen LogP contribution in [0.15, 0.2) is 73.3 Å². The van der Waals surface area contributed by atoms with Gasteiger partial charge in [-0.1, -0.05) is 60.7 Å². The van der Waals surface area contributed by atoms with Gasteiger partial charge < -0.3 is 9.05 Å². The Labute approximate surface area is 141 Å². The molecule has 1 aliphatic heterocycles. The molecule has 1 aliphatic rings. The lowest BCUT2D eigenvalue weighted by molar-refractivity contribution is 0.233. The second-order valence-electron chi connectivity index (χ2n) is 5.70. The van der Waals surface area contributed by atoms with Crippen molar-refractivity contribution >= 4 is 23.7 Å². The number of benzene rings is 3. The Kier molecular flexibility index (Phi) is 3.85. The minimum absolute atomic E-state index is 0.200. The van der Waals surface area contributed by atoms with Crippen LogP contribution in [0, 0.1) is 0 Å². The lowest BCUT2D eigenvalue weighted by Crippen LogP contribution is -2.09. The van der Waals surface area contributed by atoms with Crippen LogP contribution in [-0.4, -0.2) is 6.61 Å². The van der Waals surface area contributed by atoms with Crippen molar-refractivity contribution in [3.63, 3.8) is 0 Å². The molecule has 0 bridgehead atoms. The van der Waals surface area contributed by atoms with Gasteiger partial charge in [-0.3, -0.25) is 4.57 Å². The molecular formula is C20H17O3P. The van der Waals surface area contributed by atoms with E-state index in [9.17, 15) is 4.57 Å². The van der Waals surface area contributed by atoms with E-state index in [0.717, 1.165) is 27.5 Å². The lowest BCUT2D eigenvalue weighted by atomic mass is 9.96. The lowest BCUT2D eigenvalue weighted by Gasteiger charge is -2.15. The molecule has 1 heterocycles. The molecular weight excluding hydrogens is 319 g/mol. The normalized spacial score (nSPS) is 19.3. The van der Waals surface area contributed by atoms with E-state index in [4.69, 9.17) is 9.05 Å². The molecule has 24 heavy (non-hydrogen) atoms. The van der Waals surface area contributed by atoms with Crippen molar-refractivity contribution in [2.75, 3.05) is 6.61 Å². The van der Waals surface area contributed by atoms with Crippen molar-refractivity contribution in [3.05, 3.63) is 78.9 Å². The maximum Gasteiger partial charge on any atom is 0.362 e. The van der Waals surface area contributed by atoms with E-state index in [2.05, 4.69) is 24.8 Å². The van der Waals surface area contributed by atoms with E-state index in [0.29, 0.717) is 11.9 Å². The Morgan fingerprint density at radius 1 is 1.08 bits per heavy atom. The summed E-state index contributed by atoms with van der Waals surface area (Å²) in [5.41, 5.74) is 3.18. The predicted molar refractivity (Wildman–Crippen MR) is 97.6 cm³/mol. The zero-order valence-corrected chi connectivity index (χ0v) is 14.0. The minimum atomic E-state index is -3.30. The maximum atomic E-state index is 13.2. The van der Waals surface area contributed by atoms with Crippen LogP contribution in [0.4, 0.5) is 0 Å². The molecule has 3 aromatic rings. The van der Waals surface area contributed by atoms with Crippen LogP contribution in [0.25, 0.3) is 21.9 Å². The summed E-state index contributed by atoms with van der Waals surface area (Å²) in [6.45, 7) is 4.12. The van der Waals surface area contributed by atoms with Crippen LogP contribution < -0.4 is 5.30 Å². The van der Waals surface area contributed by atoms with Gasteiger partial charge in [0.2, 0.25) is 0 Å². The van der Waals surface area contributed by atoms with Crippen molar-refractivity contribution < 1.29 is 13.6 Å². The van der Waals surface area contributed by atoms with Gasteiger partial charge in [0.15, 0.2) is 0 Å². The maximum absolute atomic E-state index is 13.2. The molecule has 0 saturated heterocycles. The zero-order valence-electron chi connectivity index (χ0n) is 13.1. The standard InChI is InChI=1S/C20H17O3P/c1-2-12-22-24(21)20-16(14-23-24)13-19(15-8-4-3-5-9-15)17-10-6-7-11-18(17)20/h2-11,13H,1,12,14H2. The molecule has 0 spiro atoms. The molecule has 0 saturated carbocycles. The van der Waals surface area contributed by atoms with Crippen molar-refractivity contribution in [2.24, 2.45) is 0 Å². The number of hydrogen-bond acceptors (Lipinski definition) is 3. The van der Waals surface area contributed by atoms with E-state index in [1.807, 2.05) is 42.5 Å². The van der Waals surface area contributed by atoms with Crippen LogP contribution >= 0.6 is 7.60 Å². The monoisotopic (exact) mass is 336 g/mol. The fourth-order valence-electron chi connectivity index (χ4n) is 3.18. The molecule has 4 rings (SSSR count). The summed E-state index contributed by atoms with van der Waals surface area (Å²) in [5, 5.41) is 2.67. The van der Waals surface area contributed by atoms with E-state index in [1.54, 1.807) is 6.08 Å². The van der Waals surface area contributed by atoms with Crippen molar-refractivity contribution in [2.45, 2.75) is 6.61 Å². The van der Waals surface area contributed by atoms with Crippen LogP contribution in [0.2, 0.25) is 0 Å². The van der Waals surface area contributed by atoms with Crippen LogP contribution in [0.3, 0.4) is 0 Å². The third-order valence-corrected chi connectivity index (χ3v) is 6.24. The first-order chi connectivity index (χ1) is 11.7. The topological polar surface area (TPSA) is 35.5 Å². The highest BCUT2D eigenvalue weighted by molar-refractivity contribution is 7.63. The van der Waals surface area contributed by atoms with Crippen LogP contribution in [0.5, 0.6) is 0 Å². The second-order valence-corrected chi connectivity index (χ2v) is 7.66. The van der Waals surface area contributed by atoms with Gasteiger partial charge >= 0.3 is 7.60 Å². The van der Waals surface area contributed by atoms with Gasteiger partial charge in [0.1, 0.15) is 0 Å². The predicted octanol–water partition coefficient (Wildman–Crippen LogP) is 5.06. The van der Waals surface area contributed by atoms with Crippen LogP contribution in [0.1, 0.15) is 5.56 Å². The fraction of sp³-hybridized carbons (Fsp3) is 0.100. The van der Waals surface area contributed by atoms with Gasteiger partial charge in [-0.25, -0.2) is 0 Å². The highest BCUT2D eigenvalue weighted by Crippen LogP contribution is 2.55. The molecule has 3 aromatic carbocycles. The molecule has 3 nitrogen and oxygen atoms in total. The van der Waals surface area contributed by atoms with E-state index >= 15 is 0 Å². The summed E-state index contributed by atoms with van der Waals surface area (Å²) in [6, 6.07) is 20.3. The third kappa shape index (κ3) is 2.42. The molecule has 0 radical (unpaired) electrons. The molecule has 120 valence electrons. The number of hydrogen-bond donors (Lipinski definition) is 0. The Morgan fingerprint density at radius 3 is 2.54 bits per heavy atom. The Morgan fingerprint density at radius 2 is 1.79 bits per heavy atom. The molecule has 0 N–H and O–H groups in total. The summed E-state index contributed by atoms with van der Waals surface area (Å²) in [6.07, 6.45) is 1.58. The summed E-state index contributed by atoms with van der Waals surface area (Å²) in [4.78, 5) is 0. The summed E-state index contributed by atoms with van der Waals surface area (Å²) in [7, 11) is -3.30. The first-order valence-corrected chi connectivity index (χ1v) is 9.38. The SMILES string of the molecule is C=CCOP1(=O)OCc2cc(-c3ccccc3)c3ccccc3c21. The summed E-state index contributed by atoms with van der Waals surface area (Å²) >= 11 is 0. The zero-order chi connectivity index (χ0) is 16.6. The average molecular weight is 336 g/mol. The second kappa shape index (κ2) is 6.03. The quantitative estimate of drug-likeness (QED) is 0.493. The Bertz CT molecular complexity index is 963. The smallest absolute Gasteiger partial charge is 0.301 e. The van der Waals surface area contributed by atoms with Gasteiger partial charge in [0, 0.05) is 0 Å². The highest BCUT2D eigenvalue weighted by atomic mass is 31.2. The largest absolute Gasteiger partial charge is 0.362 e. The molecule has 4 heteroatoms. The Hall–Kier alpha value is -2.19. The van der Waals surface area contributed by atoms with Gasteiger partial charge in [-0.2, -0.15) is 0 Å². The molecule has 1 atom stereocenters. The van der Waals surface area contributed by atoms with Gasteiger partial charge in [-0.05, 0) is 33.5 Å². The minimum Gasteiger partial charge on any atom is -0.301 e.